The van der Waals surface area contributed by atoms with Gasteiger partial charge in [0.1, 0.15) is 5.82 Å². The standard InChI is InChI=1S/C19H19BrN4O2S/c1-13(25)22-16(17-7-4-10-27-17)11-19(26)23-18-8-9-21-24(18)12-14-5-2-3-6-15(14)20/h2-10,16H,11-12H2,1H3,(H,22,25)(H,23,26). The van der Waals surface area contributed by atoms with Crippen LogP contribution in [0.2, 0.25) is 0 Å². The minimum absolute atomic E-state index is 0.153. The van der Waals surface area contributed by atoms with Crippen molar-refractivity contribution in [2.75, 3.05) is 5.32 Å². The summed E-state index contributed by atoms with van der Waals surface area (Å²) in [5.41, 5.74) is 1.06. The average Bonchev–Trinajstić information content (AvgIpc) is 3.28. The molecular weight excluding hydrogens is 428 g/mol. The van der Waals surface area contributed by atoms with Crippen LogP contribution in [-0.4, -0.2) is 21.6 Å². The monoisotopic (exact) mass is 446 g/mol. The van der Waals surface area contributed by atoms with Crippen molar-refractivity contribution in [3.63, 3.8) is 0 Å². The molecule has 140 valence electrons. The summed E-state index contributed by atoms with van der Waals surface area (Å²) in [5, 5.41) is 12.0. The maximum Gasteiger partial charge on any atom is 0.227 e. The highest BCUT2D eigenvalue weighted by molar-refractivity contribution is 9.10. The Morgan fingerprint density at radius 1 is 1.22 bits per heavy atom. The van der Waals surface area contributed by atoms with Gasteiger partial charge in [0.05, 0.1) is 25.2 Å². The number of hydrogen-bond acceptors (Lipinski definition) is 4. The van der Waals surface area contributed by atoms with Crippen LogP contribution in [-0.2, 0) is 16.1 Å². The summed E-state index contributed by atoms with van der Waals surface area (Å²) in [6.45, 7) is 1.98. The first-order valence-corrected chi connectivity index (χ1v) is 10.1. The van der Waals surface area contributed by atoms with Crippen molar-refractivity contribution in [1.29, 1.82) is 0 Å². The third kappa shape index (κ3) is 5.27. The van der Waals surface area contributed by atoms with Crippen LogP contribution in [0.25, 0.3) is 0 Å². The number of hydrogen-bond donors (Lipinski definition) is 2. The van der Waals surface area contributed by atoms with E-state index < -0.39 is 0 Å². The van der Waals surface area contributed by atoms with E-state index in [0.717, 1.165) is 14.9 Å². The van der Waals surface area contributed by atoms with Gasteiger partial charge in [-0.1, -0.05) is 40.2 Å². The van der Waals surface area contributed by atoms with Crippen LogP contribution in [0.1, 0.15) is 29.8 Å². The van der Waals surface area contributed by atoms with Gasteiger partial charge in [-0.25, -0.2) is 4.68 Å². The molecular formula is C19H19BrN4O2S. The first-order chi connectivity index (χ1) is 13.0. The Balaban J connectivity index is 1.68. The third-order valence-electron chi connectivity index (χ3n) is 3.92. The van der Waals surface area contributed by atoms with Crippen LogP contribution in [0, 0.1) is 0 Å². The van der Waals surface area contributed by atoms with Gasteiger partial charge in [0.2, 0.25) is 11.8 Å². The largest absolute Gasteiger partial charge is 0.348 e. The third-order valence-corrected chi connectivity index (χ3v) is 5.68. The number of rotatable bonds is 7. The molecule has 3 aromatic rings. The van der Waals surface area contributed by atoms with Gasteiger partial charge in [-0.2, -0.15) is 5.10 Å². The number of benzene rings is 1. The van der Waals surface area contributed by atoms with Gasteiger partial charge in [0, 0.05) is 22.3 Å². The lowest BCUT2D eigenvalue weighted by Crippen LogP contribution is -2.29. The normalized spacial score (nSPS) is 11.8. The van der Waals surface area contributed by atoms with Gasteiger partial charge in [0.25, 0.3) is 0 Å². The molecule has 1 unspecified atom stereocenters. The lowest BCUT2D eigenvalue weighted by Gasteiger charge is -2.16. The Morgan fingerprint density at radius 3 is 2.74 bits per heavy atom. The lowest BCUT2D eigenvalue weighted by molar-refractivity contribution is -0.120. The minimum Gasteiger partial charge on any atom is -0.348 e. The molecule has 1 aromatic carbocycles. The number of nitrogens with zero attached hydrogens (tertiary/aromatic N) is 2. The number of carbonyl (C=O) groups excluding carboxylic acids is 2. The van der Waals surface area contributed by atoms with Crippen molar-refractivity contribution in [2.24, 2.45) is 0 Å². The first kappa shape index (κ1) is 19.3. The van der Waals surface area contributed by atoms with Crippen molar-refractivity contribution in [1.82, 2.24) is 15.1 Å². The van der Waals surface area contributed by atoms with Gasteiger partial charge >= 0.3 is 0 Å². The Bertz CT molecular complexity index is 923. The predicted octanol–water partition coefficient (Wildman–Crippen LogP) is 3.96. The van der Waals surface area contributed by atoms with E-state index in [-0.39, 0.29) is 24.3 Å². The van der Waals surface area contributed by atoms with Crippen LogP contribution in [0.4, 0.5) is 5.82 Å². The number of amides is 2. The maximum absolute atomic E-state index is 12.6. The Morgan fingerprint density at radius 2 is 2.04 bits per heavy atom. The molecule has 0 saturated heterocycles. The van der Waals surface area contributed by atoms with Gasteiger partial charge in [-0.05, 0) is 23.1 Å². The van der Waals surface area contributed by atoms with Crippen molar-refractivity contribution in [2.45, 2.75) is 25.9 Å². The van der Waals surface area contributed by atoms with Crippen molar-refractivity contribution >= 4 is 44.9 Å². The quantitative estimate of drug-likeness (QED) is 0.576. The summed E-state index contributed by atoms with van der Waals surface area (Å²) in [6, 6.07) is 13.1. The molecule has 8 heteroatoms. The summed E-state index contributed by atoms with van der Waals surface area (Å²) >= 11 is 5.04. The maximum atomic E-state index is 12.6. The summed E-state index contributed by atoms with van der Waals surface area (Å²) in [5.74, 6) is 0.264. The molecule has 2 aromatic heterocycles. The number of anilines is 1. The van der Waals surface area contributed by atoms with Gasteiger partial charge < -0.3 is 10.6 Å². The highest BCUT2D eigenvalue weighted by Gasteiger charge is 2.19. The SMILES string of the molecule is CC(=O)NC(CC(=O)Nc1ccnn1Cc1ccccc1Br)c1cccs1. The van der Waals surface area contributed by atoms with E-state index in [2.05, 4.69) is 31.7 Å². The molecule has 0 aliphatic carbocycles. The van der Waals surface area contributed by atoms with E-state index in [1.54, 1.807) is 16.9 Å². The fourth-order valence-corrected chi connectivity index (χ4v) is 3.88. The molecule has 0 saturated carbocycles. The van der Waals surface area contributed by atoms with Gasteiger partial charge in [-0.15, -0.1) is 11.3 Å². The molecule has 0 fully saturated rings. The topological polar surface area (TPSA) is 76.0 Å². The highest BCUT2D eigenvalue weighted by atomic mass is 79.9. The van der Waals surface area contributed by atoms with E-state index in [4.69, 9.17) is 0 Å². The summed E-state index contributed by atoms with van der Waals surface area (Å²) < 4.78 is 2.72. The molecule has 27 heavy (non-hydrogen) atoms. The van der Waals surface area contributed by atoms with Crippen LogP contribution in [0.3, 0.4) is 0 Å². The molecule has 0 bridgehead atoms. The number of aromatic nitrogens is 2. The zero-order valence-electron chi connectivity index (χ0n) is 14.7. The number of thiophene rings is 1. The highest BCUT2D eigenvalue weighted by Crippen LogP contribution is 2.23. The predicted molar refractivity (Wildman–Crippen MR) is 110 cm³/mol. The number of nitrogens with one attached hydrogen (secondary N) is 2. The van der Waals surface area contributed by atoms with E-state index in [1.165, 1.54) is 18.3 Å². The minimum atomic E-state index is -0.345. The fraction of sp³-hybridized carbons (Fsp3) is 0.211. The average molecular weight is 447 g/mol. The summed E-state index contributed by atoms with van der Waals surface area (Å²) in [4.78, 5) is 25.0. The zero-order chi connectivity index (χ0) is 19.2. The van der Waals surface area contributed by atoms with E-state index >= 15 is 0 Å². The molecule has 2 amide bonds. The first-order valence-electron chi connectivity index (χ1n) is 8.38. The zero-order valence-corrected chi connectivity index (χ0v) is 17.1. The second-order valence-corrected chi connectivity index (χ2v) is 7.82. The van der Waals surface area contributed by atoms with E-state index in [0.29, 0.717) is 12.4 Å². The molecule has 2 N–H and O–H groups in total. The molecule has 0 radical (unpaired) electrons. The van der Waals surface area contributed by atoms with Crippen LogP contribution < -0.4 is 10.6 Å². The number of carbonyl (C=O) groups is 2. The summed E-state index contributed by atoms with van der Waals surface area (Å²) in [6.07, 6.45) is 1.80. The molecule has 0 spiro atoms. The molecule has 0 aliphatic heterocycles. The van der Waals surface area contributed by atoms with Crippen molar-refractivity contribution < 1.29 is 9.59 Å². The van der Waals surface area contributed by atoms with Crippen molar-refractivity contribution in [3.05, 3.63) is 69.0 Å². The van der Waals surface area contributed by atoms with E-state index in [9.17, 15) is 9.59 Å². The van der Waals surface area contributed by atoms with Crippen molar-refractivity contribution in [3.8, 4) is 0 Å². The second kappa shape index (κ2) is 8.96. The molecule has 3 rings (SSSR count). The smallest absolute Gasteiger partial charge is 0.227 e. The molecule has 1 atom stereocenters. The molecule has 2 heterocycles. The Kier molecular flexibility index (Phi) is 6.41. The van der Waals surface area contributed by atoms with Gasteiger partial charge in [-0.3, -0.25) is 9.59 Å². The van der Waals surface area contributed by atoms with Gasteiger partial charge in [0.15, 0.2) is 0 Å². The van der Waals surface area contributed by atoms with E-state index in [1.807, 2.05) is 41.8 Å². The van der Waals surface area contributed by atoms with Crippen LogP contribution >= 0.6 is 27.3 Å². The second-order valence-electron chi connectivity index (χ2n) is 5.99. The lowest BCUT2D eigenvalue weighted by atomic mass is 10.1. The summed E-state index contributed by atoms with van der Waals surface area (Å²) in [7, 11) is 0. The fourth-order valence-electron chi connectivity index (χ4n) is 2.69. The molecule has 6 nitrogen and oxygen atoms in total. The molecule has 0 aliphatic rings. The van der Waals surface area contributed by atoms with Crippen LogP contribution in [0.15, 0.2) is 58.5 Å². The number of halogens is 1. The Hall–Kier alpha value is -2.45. The van der Waals surface area contributed by atoms with Crippen LogP contribution in [0.5, 0.6) is 0 Å². The Labute approximate surface area is 169 Å².